The van der Waals surface area contributed by atoms with Crippen molar-refractivity contribution in [1.82, 2.24) is 5.32 Å². The molecule has 0 radical (unpaired) electrons. The number of esters is 2. The van der Waals surface area contributed by atoms with E-state index in [0.717, 1.165) is 25.0 Å². The molecule has 1 fully saturated rings. The number of hydrogen-bond donors (Lipinski definition) is 1. The van der Waals surface area contributed by atoms with E-state index in [9.17, 15) is 14.4 Å². The highest BCUT2D eigenvalue weighted by atomic mass is 32.2. The summed E-state index contributed by atoms with van der Waals surface area (Å²) in [5.74, 6) is -0.155. The van der Waals surface area contributed by atoms with Crippen molar-refractivity contribution < 1.29 is 28.6 Å². The van der Waals surface area contributed by atoms with Crippen LogP contribution in [0.15, 0.2) is 0 Å². The summed E-state index contributed by atoms with van der Waals surface area (Å²) >= 11 is 1.56. The standard InChI is InChI=1S/C18H31NO6S/c1-5-6-7-8-9-26-18-17(24-14(4)22)16(23-13(3)21)10-15(25-18)11-19-12(2)20/h15-18H,5-11H2,1-4H3,(H,19,20). The van der Waals surface area contributed by atoms with Crippen molar-refractivity contribution in [2.75, 3.05) is 12.3 Å². The Balaban J connectivity index is 2.78. The molecule has 1 rings (SSSR count). The van der Waals surface area contributed by atoms with Gasteiger partial charge in [-0.3, -0.25) is 14.4 Å². The van der Waals surface area contributed by atoms with Gasteiger partial charge in [-0.05, 0) is 12.2 Å². The zero-order chi connectivity index (χ0) is 19.5. The summed E-state index contributed by atoms with van der Waals surface area (Å²) in [6.07, 6.45) is 3.34. The van der Waals surface area contributed by atoms with Crippen LogP contribution in [-0.4, -0.2) is 53.9 Å². The first-order chi connectivity index (χ1) is 12.3. The Morgan fingerprint density at radius 3 is 2.35 bits per heavy atom. The first-order valence-corrected chi connectivity index (χ1v) is 10.2. The number of carbonyl (C=O) groups excluding carboxylic acids is 3. The van der Waals surface area contributed by atoms with E-state index < -0.39 is 29.6 Å². The fraction of sp³-hybridized carbons (Fsp3) is 0.833. The molecular weight excluding hydrogens is 358 g/mol. The van der Waals surface area contributed by atoms with Gasteiger partial charge in [0.05, 0.1) is 6.10 Å². The fourth-order valence-electron chi connectivity index (χ4n) is 2.79. The summed E-state index contributed by atoms with van der Waals surface area (Å²) < 4.78 is 16.9. The monoisotopic (exact) mass is 389 g/mol. The van der Waals surface area contributed by atoms with Crippen LogP contribution >= 0.6 is 11.8 Å². The molecule has 1 N–H and O–H groups in total. The molecule has 0 spiro atoms. The van der Waals surface area contributed by atoms with Gasteiger partial charge in [-0.2, -0.15) is 0 Å². The van der Waals surface area contributed by atoms with Gasteiger partial charge in [0.2, 0.25) is 5.91 Å². The Morgan fingerprint density at radius 1 is 1.08 bits per heavy atom. The SMILES string of the molecule is CCCCCCSC1OC(CNC(C)=O)CC(OC(C)=O)C1OC(C)=O. The minimum Gasteiger partial charge on any atom is -0.458 e. The van der Waals surface area contributed by atoms with Gasteiger partial charge >= 0.3 is 11.9 Å². The average Bonchev–Trinajstić information content (AvgIpc) is 2.54. The number of unbranched alkanes of at least 4 members (excludes halogenated alkanes) is 3. The number of amides is 1. The second-order valence-electron chi connectivity index (χ2n) is 6.45. The number of nitrogens with one attached hydrogen (secondary N) is 1. The number of carbonyl (C=O) groups is 3. The summed E-state index contributed by atoms with van der Waals surface area (Å²) in [6.45, 7) is 6.58. The molecule has 0 aromatic rings. The summed E-state index contributed by atoms with van der Waals surface area (Å²) in [6, 6.07) is 0. The van der Waals surface area contributed by atoms with Crippen LogP contribution in [0.25, 0.3) is 0 Å². The van der Waals surface area contributed by atoms with E-state index in [0.29, 0.717) is 13.0 Å². The maximum atomic E-state index is 11.5. The zero-order valence-electron chi connectivity index (χ0n) is 16.1. The van der Waals surface area contributed by atoms with Crippen molar-refractivity contribution in [1.29, 1.82) is 0 Å². The van der Waals surface area contributed by atoms with Crippen LogP contribution < -0.4 is 5.32 Å². The van der Waals surface area contributed by atoms with Crippen LogP contribution in [0.2, 0.25) is 0 Å². The van der Waals surface area contributed by atoms with E-state index in [1.54, 1.807) is 11.8 Å². The Kier molecular flexibility index (Phi) is 10.7. The molecule has 7 nitrogen and oxygen atoms in total. The molecule has 4 atom stereocenters. The second-order valence-corrected chi connectivity index (χ2v) is 7.66. The Hall–Kier alpha value is -1.28. The number of thioether (sulfide) groups is 1. The molecule has 4 unspecified atom stereocenters. The molecule has 1 aliphatic heterocycles. The molecule has 1 saturated heterocycles. The van der Waals surface area contributed by atoms with E-state index in [-0.39, 0.29) is 12.0 Å². The first kappa shape index (κ1) is 22.8. The van der Waals surface area contributed by atoms with E-state index in [4.69, 9.17) is 14.2 Å². The average molecular weight is 390 g/mol. The highest BCUT2D eigenvalue weighted by Crippen LogP contribution is 2.32. The van der Waals surface area contributed by atoms with Crippen molar-refractivity contribution in [2.24, 2.45) is 0 Å². The normalized spacial score (nSPS) is 25.4. The third-order valence-electron chi connectivity index (χ3n) is 3.93. The van der Waals surface area contributed by atoms with E-state index in [1.165, 1.54) is 27.2 Å². The van der Waals surface area contributed by atoms with Crippen LogP contribution in [0.1, 0.15) is 59.8 Å². The summed E-state index contributed by atoms with van der Waals surface area (Å²) in [4.78, 5) is 34.2. The van der Waals surface area contributed by atoms with Crippen molar-refractivity contribution in [3.8, 4) is 0 Å². The molecule has 150 valence electrons. The van der Waals surface area contributed by atoms with Gasteiger partial charge in [0, 0.05) is 33.7 Å². The van der Waals surface area contributed by atoms with E-state index >= 15 is 0 Å². The number of rotatable bonds is 10. The van der Waals surface area contributed by atoms with Gasteiger partial charge in [0.25, 0.3) is 0 Å². The van der Waals surface area contributed by atoms with Crippen LogP contribution in [0.5, 0.6) is 0 Å². The van der Waals surface area contributed by atoms with Gasteiger partial charge in [0.15, 0.2) is 6.10 Å². The van der Waals surface area contributed by atoms with Gasteiger partial charge < -0.3 is 19.5 Å². The highest BCUT2D eigenvalue weighted by molar-refractivity contribution is 7.99. The highest BCUT2D eigenvalue weighted by Gasteiger charge is 2.43. The summed E-state index contributed by atoms with van der Waals surface area (Å²) in [7, 11) is 0. The molecule has 0 aromatic heterocycles. The smallest absolute Gasteiger partial charge is 0.303 e. The molecule has 0 saturated carbocycles. The maximum Gasteiger partial charge on any atom is 0.303 e. The molecule has 1 heterocycles. The van der Waals surface area contributed by atoms with Crippen LogP contribution in [-0.2, 0) is 28.6 Å². The van der Waals surface area contributed by atoms with Crippen molar-refractivity contribution in [3.63, 3.8) is 0 Å². The van der Waals surface area contributed by atoms with E-state index in [2.05, 4.69) is 12.2 Å². The number of hydrogen-bond acceptors (Lipinski definition) is 7. The zero-order valence-corrected chi connectivity index (χ0v) is 16.9. The van der Waals surface area contributed by atoms with Gasteiger partial charge in [-0.1, -0.05) is 26.2 Å². The molecule has 26 heavy (non-hydrogen) atoms. The lowest BCUT2D eigenvalue weighted by atomic mass is 10.0. The maximum absolute atomic E-state index is 11.5. The summed E-state index contributed by atoms with van der Waals surface area (Å²) in [5, 5.41) is 2.73. The third kappa shape index (κ3) is 8.89. The third-order valence-corrected chi connectivity index (χ3v) is 5.17. The quantitative estimate of drug-likeness (QED) is 0.453. The van der Waals surface area contributed by atoms with Crippen LogP contribution in [0, 0.1) is 0 Å². The first-order valence-electron chi connectivity index (χ1n) is 9.19. The molecular formula is C18H31NO6S. The van der Waals surface area contributed by atoms with E-state index in [1.807, 2.05) is 0 Å². The number of ether oxygens (including phenoxy) is 3. The largest absolute Gasteiger partial charge is 0.458 e. The molecule has 0 bridgehead atoms. The van der Waals surface area contributed by atoms with Crippen LogP contribution in [0.4, 0.5) is 0 Å². The minimum absolute atomic E-state index is 0.150. The molecule has 1 aliphatic rings. The van der Waals surface area contributed by atoms with Crippen LogP contribution in [0.3, 0.4) is 0 Å². The molecule has 0 aliphatic carbocycles. The second kappa shape index (κ2) is 12.2. The predicted octanol–water partition coefficient (Wildman–Crippen LogP) is 2.41. The van der Waals surface area contributed by atoms with Crippen molar-refractivity contribution in [3.05, 3.63) is 0 Å². The van der Waals surface area contributed by atoms with Crippen molar-refractivity contribution in [2.45, 2.75) is 83.5 Å². The lowest BCUT2D eigenvalue weighted by Gasteiger charge is -2.40. The molecule has 1 amide bonds. The summed E-state index contributed by atoms with van der Waals surface area (Å²) in [5.41, 5.74) is -0.433. The lowest BCUT2D eigenvalue weighted by Crippen LogP contribution is -2.53. The van der Waals surface area contributed by atoms with Crippen molar-refractivity contribution >= 4 is 29.6 Å². The Labute approximate surface area is 159 Å². The van der Waals surface area contributed by atoms with Gasteiger partial charge in [0.1, 0.15) is 11.5 Å². The Morgan fingerprint density at radius 2 is 1.77 bits per heavy atom. The fourth-order valence-corrected chi connectivity index (χ4v) is 4.05. The molecule has 8 heteroatoms. The van der Waals surface area contributed by atoms with Gasteiger partial charge in [-0.15, -0.1) is 11.8 Å². The lowest BCUT2D eigenvalue weighted by molar-refractivity contribution is -0.192. The minimum atomic E-state index is -0.652. The Bertz CT molecular complexity index is 473. The predicted molar refractivity (Wildman–Crippen MR) is 99.7 cm³/mol. The molecule has 0 aromatic carbocycles. The topological polar surface area (TPSA) is 90.9 Å². The van der Waals surface area contributed by atoms with Gasteiger partial charge in [-0.25, -0.2) is 0 Å².